The highest BCUT2D eigenvalue weighted by molar-refractivity contribution is 5.76. The lowest BCUT2D eigenvalue weighted by atomic mass is 10.4. The molecule has 8 nitrogen and oxygen atoms in total. The van der Waals surface area contributed by atoms with Gasteiger partial charge in [-0.1, -0.05) is 6.92 Å². The zero-order valence-electron chi connectivity index (χ0n) is 13.1. The number of amides is 1. The Kier molecular flexibility index (Phi) is 7.20. The van der Waals surface area contributed by atoms with Crippen molar-refractivity contribution < 1.29 is 9.53 Å². The van der Waals surface area contributed by atoms with E-state index in [1.165, 1.54) is 0 Å². The first-order valence-corrected chi connectivity index (χ1v) is 7.15. The highest BCUT2D eigenvalue weighted by Crippen LogP contribution is 2.14. The Bertz CT molecular complexity index is 454. The van der Waals surface area contributed by atoms with Crippen molar-refractivity contribution in [3.05, 3.63) is 0 Å². The Hall–Kier alpha value is -2.12. The molecule has 1 aromatic heterocycles. The van der Waals surface area contributed by atoms with Gasteiger partial charge in [0.25, 0.3) is 0 Å². The number of nitrogens with zero attached hydrogens (tertiary/aromatic N) is 4. The molecule has 0 spiro atoms. The topological polar surface area (TPSA) is 92.3 Å². The summed E-state index contributed by atoms with van der Waals surface area (Å²) in [6.07, 6.45) is 1.25. The summed E-state index contributed by atoms with van der Waals surface area (Å²) in [7, 11) is 3.45. The monoisotopic (exact) mass is 296 g/mol. The molecule has 118 valence electrons. The quantitative estimate of drug-likeness (QED) is 0.691. The molecule has 0 aromatic carbocycles. The van der Waals surface area contributed by atoms with E-state index in [1.807, 2.05) is 20.9 Å². The molecule has 0 unspecified atom stereocenters. The number of carbonyl (C=O) groups is 1. The first-order chi connectivity index (χ1) is 10.1. The second kappa shape index (κ2) is 8.93. The van der Waals surface area contributed by atoms with Gasteiger partial charge in [-0.15, -0.1) is 0 Å². The minimum Gasteiger partial charge on any atom is -0.463 e. The third kappa shape index (κ3) is 5.80. The van der Waals surface area contributed by atoms with Crippen LogP contribution < -0.4 is 20.3 Å². The number of ether oxygens (including phenoxy) is 1. The zero-order chi connectivity index (χ0) is 15.7. The summed E-state index contributed by atoms with van der Waals surface area (Å²) in [6, 6.07) is 0.296. The predicted octanol–water partition coefficient (Wildman–Crippen LogP) is 0.664. The summed E-state index contributed by atoms with van der Waals surface area (Å²) < 4.78 is 5.47. The van der Waals surface area contributed by atoms with Gasteiger partial charge in [-0.05, 0) is 13.3 Å². The van der Waals surface area contributed by atoms with Crippen LogP contribution in [0.5, 0.6) is 6.01 Å². The molecule has 0 aliphatic rings. The molecule has 0 bridgehead atoms. The largest absolute Gasteiger partial charge is 0.463 e. The Morgan fingerprint density at radius 3 is 2.67 bits per heavy atom. The van der Waals surface area contributed by atoms with Gasteiger partial charge in [0.05, 0.1) is 6.61 Å². The average Bonchev–Trinajstić information content (AvgIpc) is 2.50. The lowest BCUT2D eigenvalue weighted by Gasteiger charge is -2.17. The van der Waals surface area contributed by atoms with E-state index in [0.29, 0.717) is 44.0 Å². The molecule has 1 aromatic rings. The Labute approximate surface area is 125 Å². The average molecular weight is 296 g/mol. The van der Waals surface area contributed by atoms with Gasteiger partial charge in [-0.3, -0.25) is 4.79 Å². The molecule has 0 radical (unpaired) electrons. The van der Waals surface area contributed by atoms with Crippen LogP contribution in [-0.2, 0) is 4.79 Å². The number of hydrogen-bond donors (Lipinski definition) is 2. The molecule has 0 aliphatic heterocycles. The van der Waals surface area contributed by atoms with Gasteiger partial charge < -0.3 is 20.3 Å². The van der Waals surface area contributed by atoms with Crippen molar-refractivity contribution in [1.29, 1.82) is 0 Å². The maximum atomic E-state index is 11.3. The summed E-state index contributed by atoms with van der Waals surface area (Å²) in [5.74, 6) is 0.932. The molecule has 21 heavy (non-hydrogen) atoms. The number of aromatic nitrogens is 3. The predicted molar refractivity (Wildman–Crippen MR) is 81.7 cm³/mol. The van der Waals surface area contributed by atoms with Crippen molar-refractivity contribution in [2.45, 2.75) is 26.7 Å². The molecule has 0 saturated heterocycles. The third-order valence-electron chi connectivity index (χ3n) is 2.67. The Morgan fingerprint density at radius 2 is 2.05 bits per heavy atom. The molecule has 0 saturated carbocycles. The summed E-state index contributed by atoms with van der Waals surface area (Å²) in [6.45, 7) is 5.76. The highest BCUT2D eigenvalue weighted by Gasteiger charge is 2.12. The lowest BCUT2D eigenvalue weighted by molar-refractivity contribution is -0.120. The molecule has 2 N–H and O–H groups in total. The fraction of sp³-hybridized carbons (Fsp3) is 0.692. The molecule has 0 atom stereocenters. The second-order valence-electron chi connectivity index (χ2n) is 4.47. The van der Waals surface area contributed by atoms with Crippen molar-refractivity contribution in [3.8, 4) is 6.01 Å². The maximum Gasteiger partial charge on any atom is 0.323 e. The van der Waals surface area contributed by atoms with Crippen molar-refractivity contribution in [2.75, 3.05) is 44.0 Å². The summed E-state index contributed by atoms with van der Waals surface area (Å²) in [4.78, 5) is 25.9. The van der Waals surface area contributed by atoms with Gasteiger partial charge in [0, 0.05) is 33.6 Å². The maximum absolute atomic E-state index is 11.3. The minimum atomic E-state index is -0.0229. The molecule has 1 heterocycles. The highest BCUT2D eigenvalue weighted by atomic mass is 16.5. The summed E-state index contributed by atoms with van der Waals surface area (Å²) >= 11 is 0. The normalized spacial score (nSPS) is 10.1. The first kappa shape index (κ1) is 16.9. The van der Waals surface area contributed by atoms with Crippen LogP contribution in [-0.4, -0.2) is 54.7 Å². The number of nitrogens with one attached hydrogen (secondary N) is 2. The van der Waals surface area contributed by atoms with Crippen LogP contribution in [0.1, 0.15) is 26.7 Å². The van der Waals surface area contributed by atoms with Gasteiger partial charge in [0.15, 0.2) is 0 Å². The molecule has 1 rings (SSSR count). The second-order valence-corrected chi connectivity index (χ2v) is 4.47. The zero-order valence-corrected chi connectivity index (χ0v) is 13.1. The fourth-order valence-electron chi connectivity index (χ4n) is 1.51. The van der Waals surface area contributed by atoms with Gasteiger partial charge >= 0.3 is 6.01 Å². The van der Waals surface area contributed by atoms with Gasteiger partial charge in [0.2, 0.25) is 17.8 Å². The van der Waals surface area contributed by atoms with Crippen LogP contribution >= 0.6 is 0 Å². The van der Waals surface area contributed by atoms with E-state index in [0.717, 1.165) is 6.42 Å². The van der Waals surface area contributed by atoms with E-state index < -0.39 is 0 Å². The number of carbonyl (C=O) groups excluding carboxylic acids is 1. The molecule has 8 heteroatoms. The van der Waals surface area contributed by atoms with Gasteiger partial charge in [0.1, 0.15) is 0 Å². The SMILES string of the molecule is CCCOc1nc(NCC)nc(N(C)CCC(=O)NC)n1. The summed E-state index contributed by atoms with van der Waals surface area (Å²) in [5, 5.41) is 5.63. The fourth-order valence-corrected chi connectivity index (χ4v) is 1.51. The van der Waals surface area contributed by atoms with E-state index in [4.69, 9.17) is 4.74 Å². The Balaban J connectivity index is 2.82. The van der Waals surface area contributed by atoms with Crippen LogP contribution in [0.3, 0.4) is 0 Å². The van der Waals surface area contributed by atoms with Crippen LogP contribution in [0, 0.1) is 0 Å². The van der Waals surface area contributed by atoms with Crippen molar-refractivity contribution in [1.82, 2.24) is 20.3 Å². The molecular formula is C13H24N6O2. The van der Waals surface area contributed by atoms with Crippen molar-refractivity contribution in [2.24, 2.45) is 0 Å². The van der Waals surface area contributed by atoms with E-state index >= 15 is 0 Å². The van der Waals surface area contributed by atoms with Crippen LogP contribution in [0.15, 0.2) is 0 Å². The lowest BCUT2D eigenvalue weighted by Crippen LogP contribution is -2.28. The number of hydrogen-bond acceptors (Lipinski definition) is 7. The van der Waals surface area contributed by atoms with E-state index in [2.05, 4.69) is 25.6 Å². The molecule has 0 aliphatic carbocycles. The van der Waals surface area contributed by atoms with Gasteiger partial charge in [-0.25, -0.2) is 0 Å². The van der Waals surface area contributed by atoms with Gasteiger partial charge in [-0.2, -0.15) is 15.0 Å². The first-order valence-electron chi connectivity index (χ1n) is 7.15. The Morgan fingerprint density at radius 1 is 1.29 bits per heavy atom. The van der Waals surface area contributed by atoms with E-state index in [-0.39, 0.29) is 5.91 Å². The standard InChI is InChI=1S/C13H24N6O2/c1-5-9-21-13-17-11(15-6-2)16-12(18-13)19(4)8-7-10(20)14-3/h5-9H2,1-4H3,(H,14,20)(H,15,16,17,18). The van der Waals surface area contributed by atoms with Crippen LogP contribution in [0.4, 0.5) is 11.9 Å². The smallest absolute Gasteiger partial charge is 0.323 e. The third-order valence-corrected chi connectivity index (χ3v) is 2.67. The molecule has 1 amide bonds. The van der Waals surface area contributed by atoms with E-state index in [1.54, 1.807) is 11.9 Å². The van der Waals surface area contributed by atoms with Crippen molar-refractivity contribution in [3.63, 3.8) is 0 Å². The summed E-state index contributed by atoms with van der Waals surface area (Å²) in [5.41, 5.74) is 0. The molecular weight excluding hydrogens is 272 g/mol. The number of rotatable bonds is 9. The number of anilines is 2. The minimum absolute atomic E-state index is 0.0229. The van der Waals surface area contributed by atoms with Crippen LogP contribution in [0.2, 0.25) is 0 Å². The van der Waals surface area contributed by atoms with Crippen molar-refractivity contribution >= 4 is 17.8 Å². The van der Waals surface area contributed by atoms with Crippen LogP contribution in [0.25, 0.3) is 0 Å². The van der Waals surface area contributed by atoms with E-state index in [9.17, 15) is 4.79 Å². The molecule has 0 fully saturated rings.